The maximum Gasteiger partial charge on any atom is 0.0288 e. The van der Waals surface area contributed by atoms with Gasteiger partial charge in [-0.05, 0) is 6.42 Å². The van der Waals surface area contributed by atoms with Crippen molar-refractivity contribution in [3.05, 3.63) is 0 Å². The molecule has 0 aromatic carbocycles. The normalized spacial score (nSPS) is 11.5. The highest BCUT2D eigenvalue weighted by atomic mass is 15.8. The Hall–Kier alpha value is -0.120. The molecule has 0 saturated heterocycles. The fraction of sp³-hybridized carbons (Fsp3) is 1.00. The number of nitrogens with one attached hydrogen (secondary N) is 1. The van der Waals surface area contributed by atoms with E-state index in [1.54, 1.807) is 0 Å². The molecule has 0 aromatic heterocycles. The summed E-state index contributed by atoms with van der Waals surface area (Å²) in [5, 5.41) is 4.53. The summed E-state index contributed by atoms with van der Waals surface area (Å²) in [6.45, 7) is 12.9. The van der Waals surface area contributed by atoms with E-state index in [4.69, 9.17) is 0 Å². The van der Waals surface area contributed by atoms with Gasteiger partial charge in [-0.25, -0.2) is 10.4 Å². The van der Waals surface area contributed by atoms with E-state index in [1.807, 2.05) is 0 Å². The quantitative estimate of drug-likeness (QED) is 0.588. The first kappa shape index (κ1) is 11.9. The predicted molar refractivity (Wildman–Crippen MR) is 53.6 cm³/mol. The molecule has 74 valence electrons. The van der Waals surface area contributed by atoms with Crippen molar-refractivity contribution in [1.29, 1.82) is 0 Å². The van der Waals surface area contributed by atoms with E-state index in [2.05, 4.69) is 43.2 Å². The van der Waals surface area contributed by atoms with E-state index in [9.17, 15) is 0 Å². The zero-order chi connectivity index (χ0) is 9.40. The van der Waals surface area contributed by atoms with E-state index >= 15 is 0 Å². The molecule has 0 radical (unpaired) electrons. The Labute approximate surface area is 76.7 Å². The van der Waals surface area contributed by atoms with Gasteiger partial charge in [0.2, 0.25) is 0 Å². The third kappa shape index (κ3) is 4.04. The maximum atomic E-state index is 3.34. The van der Waals surface area contributed by atoms with Crippen LogP contribution in [-0.4, -0.2) is 36.3 Å². The Morgan fingerprint density at radius 2 is 1.58 bits per heavy atom. The molecule has 0 spiro atoms. The van der Waals surface area contributed by atoms with Gasteiger partial charge in [-0.2, -0.15) is 5.12 Å². The van der Waals surface area contributed by atoms with Crippen molar-refractivity contribution >= 4 is 0 Å². The topological polar surface area (TPSA) is 18.5 Å². The van der Waals surface area contributed by atoms with Crippen molar-refractivity contribution in [3.63, 3.8) is 0 Å². The molecule has 0 amide bonds. The number of nitrogens with zero attached hydrogens (tertiary/aromatic N) is 2. The highest BCUT2D eigenvalue weighted by molar-refractivity contribution is 4.48. The van der Waals surface area contributed by atoms with Crippen LogP contribution < -0.4 is 5.43 Å². The lowest BCUT2D eigenvalue weighted by Crippen LogP contribution is -2.51. The molecule has 0 fully saturated rings. The van der Waals surface area contributed by atoms with Crippen LogP contribution in [0.4, 0.5) is 0 Å². The molecule has 0 atom stereocenters. The van der Waals surface area contributed by atoms with Gasteiger partial charge >= 0.3 is 0 Å². The van der Waals surface area contributed by atoms with Gasteiger partial charge in [0.05, 0.1) is 0 Å². The Balaban J connectivity index is 3.86. The molecular formula is C9H23N3. The van der Waals surface area contributed by atoms with E-state index < -0.39 is 0 Å². The van der Waals surface area contributed by atoms with Crippen molar-refractivity contribution in [1.82, 2.24) is 15.6 Å². The van der Waals surface area contributed by atoms with Crippen molar-refractivity contribution < 1.29 is 0 Å². The van der Waals surface area contributed by atoms with Gasteiger partial charge in [0.25, 0.3) is 0 Å². The summed E-state index contributed by atoms with van der Waals surface area (Å²) < 4.78 is 0. The molecule has 0 saturated carbocycles. The summed E-state index contributed by atoms with van der Waals surface area (Å²) in [7, 11) is 0. The van der Waals surface area contributed by atoms with Gasteiger partial charge in [0.15, 0.2) is 0 Å². The van der Waals surface area contributed by atoms with Crippen molar-refractivity contribution in [2.75, 3.05) is 26.2 Å². The second-order valence-electron chi connectivity index (χ2n) is 2.77. The van der Waals surface area contributed by atoms with Crippen LogP contribution in [0.5, 0.6) is 0 Å². The SMILES string of the molecule is CCCN(NCC)N(CC)CC. The van der Waals surface area contributed by atoms with Gasteiger partial charge in [-0.3, -0.25) is 0 Å². The first-order valence-corrected chi connectivity index (χ1v) is 5.05. The van der Waals surface area contributed by atoms with E-state index in [-0.39, 0.29) is 0 Å². The number of rotatable bonds is 7. The van der Waals surface area contributed by atoms with Crippen LogP contribution in [0.25, 0.3) is 0 Å². The Morgan fingerprint density at radius 1 is 1.00 bits per heavy atom. The van der Waals surface area contributed by atoms with Crippen LogP contribution in [0.3, 0.4) is 0 Å². The summed E-state index contributed by atoms with van der Waals surface area (Å²) in [6, 6.07) is 0. The second kappa shape index (κ2) is 7.53. The monoisotopic (exact) mass is 173 g/mol. The zero-order valence-corrected chi connectivity index (χ0v) is 8.93. The van der Waals surface area contributed by atoms with Gasteiger partial charge in [-0.15, -0.1) is 0 Å². The summed E-state index contributed by atoms with van der Waals surface area (Å²) in [6.07, 6.45) is 1.18. The van der Waals surface area contributed by atoms with Crippen LogP contribution in [0.2, 0.25) is 0 Å². The number of hydrazine groups is 2. The Kier molecular flexibility index (Phi) is 7.45. The summed E-state index contributed by atoms with van der Waals surface area (Å²) in [5.74, 6) is 0. The molecule has 12 heavy (non-hydrogen) atoms. The van der Waals surface area contributed by atoms with Crippen molar-refractivity contribution in [3.8, 4) is 0 Å². The smallest absolute Gasteiger partial charge is 0.0288 e. The predicted octanol–water partition coefficient (Wildman–Crippen LogP) is 1.48. The number of hydrogen-bond donors (Lipinski definition) is 1. The minimum Gasteiger partial charge on any atom is -0.242 e. The maximum absolute atomic E-state index is 3.34. The first-order valence-electron chi connectivity index (χ1n) is 5.05. The van der Waals surface area contributed by atoms with E-state index in [1.165, 1.54) is 6.42 Å². The van der Waals surface area contributed by atoms with E-state index in [0.29, 0.717) is 0 Å². The minimum absolute atomic E-state index is 0.997. The lowest BCUT2D eigenvalue weighted by molar-refractivity contribution is -0.0613. The van der Waals surface area contributed by atoms with Crippen LogP contribution >= 0.6 is 0 Å². The highest BCUT2D eigenvalue weighted by Crippen LogP contribution is 1.94. The van der Waals surface area contributed by atoms with Gasteiger partial charge in [-0.1, -0.05) is 27.7 Å². The molecule has 0 bridgehead atoms. The van der Waals surface area contributed by atoms with Crippen LogP contribution in [-0.2, 0) is 0 Å². The lowest BCUT2D eigenvalue weighted by Gasteiger charge is -2.33. The molecule has 0 aliphatic carbocycles. The molecular weight excluding hydrogens is 150 g/mol. The van der Waals surface area contributed by atoms with Gasteiger partial charge < -0.3 is 0 Å². The third-order valence-electron chi connectivity index (χ3n) is 1.85. The summed E-state index contributed by atoms with van der Waals surface area (Å²) in [4.78, 5) is 0. The molecule has 0 aromatic rings. The summed E-state index contributed by atoms with van der Waals surface area (Å²) in [5.41, 5.74) is 3.34. The van der Waals surface area contributed by atoms with Gasteiger partial charge in [0, 0.05) is 26.2 Å². The molecule has 0 aliphatic rings. The molecule has 3 heteroatoms. The molecule has 3 nitrogen and oxygen atoms in total. The van der Waals surface area contributed by atoms with Gasteiger partial charge in [0.1, 0.15) is 0 Å². The molecule has 0 heterocycles. The Bertz CT molecular complexity index is 85.8. The highest BCUT2D eigenvalue weighted by Gasteiger charge is 2.08. The average molecular weight is 173 g/mol. The van der Waals surface area contributed by atoms with Crippen LogP contribution in [0.15, 0.2) is 0 Å². The lowest BCUT2D eigenvalue weighted by atomic mass is 10.5. The average Bonchev–Trinajstić information content (AvgIpc) is 2.07. The van der Waals surface area contributed by atoms with E-state index in [0.717, 1.165) is 26.2 Å². The van der Waals surface area contributed by atoms with Crippen LogP contribution in [0, 0.1) is 0 Å². The second-order valence-corrected chi connectivity index (χ2v) is 2.77. The fourth-order valence-corrected chi connectivity index (χ4v) is 1.28. The first-order chi connectivity index (χ1) is 5.79. The molecule has 0 rings (SSSR count). The zero-order valence-electron chi connectivity index (χ0n) is 8.93. The third-order valence-corrected chi connectivity index (χ3v) is 1.85. The summed E-state index contributed by atoms with van der Waals surface area (Å²) >= 11 is 0. The largest absolute Gasteiger partial charge is 0.242 e. The Morgan fingerprint density at radius 3 is 1.92 bits per heavy atom. The molecule has 0 unspecified atom stereocenters. The standard InChI is InChI=1S/C9H23N3/c1-5-9-12(10-6-2)11(7-3)8-4/h10H,5-9H2,1-4H3. The number of hydrogen-bond acceptors (Lipinski definition) is 3. The fourth-order valence-electron chi connectivity index (χ4n) is 1.28. The molecule has 0 aliphatic heterocycles. The minimum atomic E-state index is 0.997. The van der Waals surface area contributed by atoms with Crippen LogP contribution in [0.1, 0.15) is 34.1 Å². The van der Waals surface area contributed by atoms with Crippen molar-refractivity contribution in [2.45, 2.75) is 34.1 Å². The van der Waals surface area contributed by atoms with Crippen molar-refractivity contribution in [2.24, 2.45) is 0 Å². The molecule has 1 N–H and O–H groups in total.